The Balaban J connectivity index is 1.65. The Morgan fingerprint density at radius 1 is 0.662 bits per heavy atom. The number of hydrogen-bond donors (Lipinski definition) is 15. The Hall–Kier alpha value is -8.04. The number of carboxylic acid groups (broad SMARTS) is 2. The molecule has 27 heteroatoms. The molecule has 4 aromatic rings. The zero-order valence-electron chi connectivity index (χ0n) is 42.8. The number of nitrogens with zero attached hydrogens (tertiary/aromatic N) is 2. The molecule has 2 aromatic heterocycles. The minimum Gasteiger partial charge on any atom is -0.481 e. The number of thioether (sulfide) groups is 1. The summed E-state index contributed by atoms with van der Waals surface area (Å²) in [7, 11) is 0. The van der Waals surface area contributed by atoms with Crippen molar-refractivity contribution in [1.29, 1.82) is 0 Å². The molecule has 0 aliphatic carbocycles. The molecular weight excluding hydrogens is 1020 g/mol. The quantitative estimate of drug-likeness (QED) is 0.0137. The molecule has 0 spiro atoms. The number of H-pyrrole nitrogens is 2. The highest BCUT2D eigenvalue weighted by Crippen LogP contribution is 2.20. The Bertz CT molecular complexity index is 2610. The lowest BCUT2D eigenvalue weighted by Crippen LogP contribution is -2.60. The highest BCUT2D eigenvalue weighted by molar-refractivity contribution is 7.98. The van der Waals surface area contributed by atoms with Crippen LogP contribution in [0.1, 0.15) is 68.2 Å². The molecule has 19 N–H and O–H groups in total. The van der Waals surface area contributed by atoms with Crippen molar-refractivity contribution in [1.82, 2.24) is 52.2 Å². The Morgan fingerprint density at radius 2 is 1.26 bits per heavy atom. The van der Waals surface area contributed by atoms with Gasteiger partial charge in [-0.15, -0.1) is 0 Å². The Labute approximate surface area is 448 Å². The van der Waals surface area contributed by atoms with E-state index in [-0.39, 0.29) is 63.9 Å². The molecule has 0 aliphatic heterocycles. The van der Waals surface area contributed by atoms with Crippen LogP contribution in [0.25, 0.3) is 10.9 Å². The summed E-state index contributed by atoms with van der Waals surface area (Å²) in [5, 5.41) is 38.1. The fourth-order valence-corrected chi connectivity index (χ4v) is 8.44. The third-order valence-corrected chi connectivity index (χ3v) is 12.7. The number of unbranched alkanes of at least 4 members (excludes halogenated alkanes) is 1. The van der Waals surface area contributed by atoms with Gasteiger partial charge >= 0.3 is 11.9 Å². The van der Waals surface area contributed by atoms with Crippen LogP contribution < -0.4 is 60.2 Å². The second kappa shape index (κ2) is 32.4. The van der Waals surface area contributed by atoms with Gasteiger partial charge in [0.2, 0.25) is 41.4 Å². The summed E-state index contributed by atoms with van der Waals surface area (Å²) < 4.78 is 0. The van der Waals surface area contributed by atoms with Crippen molar-refractivity contribution >= 4 is 81.9 Å². The highest BCUT2D eigenvalue weighted by Gasteiger charge is 2.34. The van der Waals surface area contributed by atoms with Crippen LogP contribution in [-0.2, 0) is 62.4 Å². The van der Waals surface area contributed by atoms with Crippen molar-refractivity contribution in [2.45, 2.75) is 113 Å². The monoisotopic (exact) mass is 1090 g/mol. The molecule has 77 heavy (non-hydrogen) atoms. The number of carboxylic acids is 2. The summed E-state index contributed by atoms with van der Waals surface area (Å²) in [6, 6.07) is 6.39. The molecule has 7 atom stereocenters. The molecule has 0 unspecified atom stereocenters. The van der Waals surface area contributed by atoms with Gasteiger partial charge in [0.05, 0.1) is 18.9 Å². The van der Waals surface area contributed by atoms with Crippen LogP contribution in [-0.4, -0.2) is 158 Å². The molecule has 0 fully saturated rings. The average molecular weight is 1090 g/mol. The summed E-state index contributed by atoms with van der Waals surface area (Å²) in [5.74, 6) is -8.04. The van der Waals surface area contributed by atoms with Gasteiger partial charge in [0.15, 0.2) is 5.96 Å². The number of amides is 7. The maximum absolute atomic E-state index is 14.7. The minimum atomic E-state index is -1.46. The van der Waals surface area contributed by atoms with E-state index in [0.29, 0.717) is 42.0 Å². The summed E-state index contributed by atoms with van der Waals surface area (Å²) >= 11 is 1.45. The maximum atomic E-state index is 14.7. The highest BCUT2D eigenvalue weighted by atomic mass is 32.2. The number of aliphatic carboxylic acids is 2. The number of imidazole rings is 1. The van der Waals surface area contributed by atoms with Crippen LogP contribution in [0, 0.1) is 0 Å². The lowest BCUT2D eigenvalue weighted by atomic mass is 10.0. The first-order valence-electron chi connectivity index (χ1n) is 25.0. The van der Waals surface area contributed by atoms with Gasteiger partial charge in [0, 0.05) is 61.2 Å². The topological polar surface area (TPSA) is 439 Å². The largest absolute Gasteiger partial charge is 0.481 e. The number of aromatic amines is 2. The van der Waals surface area contributed by atoms with Crippen LogP contribution in [0.3, 0.4) is 0 Å². The minimum absolute atomic E-state index is 0.0245. The number of nitrogens with two attached hydrogens (primary N) is 4. The van der Waals surface area contributed by atoms with Crippen LogP contribution in [0.5, 0.6) is 0 Å². The molecule has 0 saturated carbocycles. The summed E-state index contributed by atoms with van der Waals surface area (Å²) in [4.78, 5) is 135. The van der Waals surface area contributed by atoms with Crippen molar-refractivity contribution < 1.29 is 53.4 Å². The van der Waals surface area contributed by atoms with Crippen LogP contribution in [0.15, 0.2) is 78.3 Å². The normalized spacial score (nSPS) is 13.8. The van der Waals surface area contributed by atoms with E-state index < -0.39 is 109 Å². The maximum Gasteiger partial charge on any atom is 0.326 e. The first-order chi connectivity index (χ1) is 36.9. The van der Waals surface area contributed by atoms with Crippen LogP contribution >= 0.6 is 11.8 Å². The smallest absolute Gasteiger partial charge is 0.326 e. The number of carbonyl (C=O) groups is 9. The second-order valence-corrected chi connectivity index (χ2v) is 19.1. The van der Waals surface area contributed by atoms with Gasteiger partial charge in [-0.05, 0) is 80.7 Å². The molecule has 418 valence electrons. The predicted molar refractivity (Wildman–Crippen MR) is 287 cm³/mol. The van der Waals surface area contributed by atoms with Gasteiger partial charge in [-0.2, -0.15) is 11.8 Å². The van der Waals surface area contributed by atoms with E-state index >= 15 is 0 Å². The molecule has 2 heterocycles. The van der Waals surface area contributed by atoms with Crippen molar-refractivity contribution in [2.24, 2.45) is 27.9 Å². The molecular formula is C50H71N15O11S. The third kappa shape index (κ3) is 21.6. The number of carbonyl (C=O) groups excluding carboxylic acids is 7. The van der Waals surface area contributed by atoms with Crippen LogP contribution in [0.2, 0.25) is 0 Å². The lowest BCUT2D eigenvalue weighted by molar-refractivity contribution is -0.142. The Morgan fingerprint density at radius 3 is 1.88 bits per heavy atom. The standard InChI is InChI=1S/C50H71N15O11S/c1-77-21-18-33(52)43(69)61-36(16-17-42(67)68)46(72)65-40(24-31-26-55-28-59-31)48(74)63-38(22-29-10-3-2-4-11-29)47(73)62-35(15-9-20-56-50(53)54)45(71)64-39(23-30-25-57-34-13-6-5-12-32(30)34)44(70)58-27-41(66)60-37(49(75)76)14-7-8-19-51/h2-6,10-13,25-26,28,33,35-40,57H,7-9,14-24,27,51-52H2,1H3,(H,55,59)(H,58,70)(H,60,66)(H,61,69)(H,62,73)(H,63,74)(H,64,71)(H,65,72)(H,67,68)(H,75,76)(H4,53,54,56)/t33-,35-,36-,37-,38-,39-,40-/m0/s1. The van der Waals surface area contributed by atoms with Crippen molar-refractivity contribution in [3.63, 3.8) is 0 Å². The molecule has 0 bridgehead atoms. The van der Waals surface area contributed by atoms with Gasteiger partial charge in [-0.1, -0.05) is 48.5 Å². The van der Waals surface area contributed by atoms with Gasteiger partial charge < -0.3 is 80.3 Å². The van der Waals surface area contributed by atoms with Gasteiger partial charge in [-0.25, -0.2) is 9.78 Å². The number of aliphatic imine (C=N–C) groups is 1. The number of guanidine groups is 1. The third-order valence-electron chi connectivity index (χ3n) is 12.1. The number of nitrogens with one attached hydrogen (secondary N) is 9. The van der Waals surface area contributed by atoms with Gasteiger partial charge in [0.25, 0.3) is 0 Å². The molecule has 0 radical (unpaired) electrons. The zero-order valence-corrected chi connectivity index (χ0v) is 43.6. The van der Waals surface area contributed by atoms with E-state index in [9.17, 15) is 53.4 Å². The summed E-state index contributed by atoms with van der Waals surface area (Å²) in [5.41, 5.74) is 25.0. The number of para-hydroxylation sites is 1. The predicted octanol–water partition coefficient (Wildman–Crippen LogP) is -1.84. The molecule has 2 aromatic carbocycles. The molecule has 7 amide bonds. The lowest BCUT2D eigenvalue weighted by Gasteiger charge is -2.27. The zero-order chi connectivity index (χ0) is 56.3. The van der Waals surface area contributed by atoms with Crippen molar-refractivity contribution in [3.8, 4) is 0 Å². The number of fused-ring (bicyclic) bond motifs is 1. The molecule has 26 nitrogen and oxygen atoms in total. The number of benzene rings is 2. The molecule has 4 rings (SSSR count). The number of rotatable bonds is 35. The first-order valence-corrected chi connectivity index (χ1v) is 26.4. The van der Waals surface area contributed by atoms with E-state index in [2.05, 4.69) is 57.2 Å². The second-order valence-electron chi connectivity index (χ2n) is 18.1. The Kier molecular flexibility index (Phi) is 25.9. The van der Waals surface area contributed by atoms with Gasteiger partial charge in [-0.3, -0.25) is 43.3 Å². The van der Waals surface area contributed by atoms with E-state index in [0.717, 1.165) is 10.9 Å². The van der Waals surface area contributed by atoms with E-state index in [1.54, 1.807) is 54.7 Å². The number of hydrogen-bond acceptors (Lipinski definition) is 14. The molecule has 0 aliphatic rings. The van der Waals surface area contributed by atoms with Crippen molar-refractivity contribution in [2.75, 3.05) is 31.6 Å². The first kappa shape index (κ1) is 61.5. The SMILES string of the molecule is CSCC[C@H](N)C(=O)N[C@@H](CCC(=O)O)C(=O)N[C@@H](Cc1cnc[nH]1)C(=O)N[C@@H](Cc1ccccc1)C(=O)N[C@@H](CCCN=C(N)N)C(=O)N[C@@H](Cc1c[nH]c2ccccc12)C(=O)NCC(=O)N[C@@H](CCCCN)C(=O)O. The fourth-order valence-electron chi connectivity index (χ4n) is 7.95. The van der Waals surface area contributed by atoms with E-state index in [4.69, 9.17) is 22.9 Å². The van der Waals surface area contributed by atoms with Crippen molar-refractivity contribution in [3.05, 3.63) is 90.1 Å². The average Bonchev–Trinajstić information content (AvgIpc) is 4.08. The summed E-state index contributed by atoms with van der Waals surface area (Å²) in [6.07, 6.45) is 6.26. The van der Waals surface area contributed by atoms with E-state index in [1.807, 2.05) is 12.3 Å². The van der Waals surface area contributed by atoms with Gasteiger partial charge in [0.1, 0.15) is 36.3 Å². The fraction of sp³-hybridized carbons (Fsp3) is 0.460. The van der Waals surface area contributed by atoms with E-state index in [1.165, 1.54) is 24.3 Å². The van der Waals surface area contributed by atoms with Crippen LogP contribution in [0.4, 0.5) is 0 Å². The number of aromatic nitrogens is 3. The summed E-state index contributed by atoms with van der Waals surface area (Å²) in [6.45, 7) is -0.290. The molecule has 0 saturated heterocycles.